The number of carbonyl (C=O) groups excluding carboxylic acids is 1. The summed E-state index contributed by atoms with van der Waals surface area (Å²) >= 11 is 0. The lowest BCUT2D eigenvalue weighted by atomic mass is 10.1. The van der Waals surface area contributed by atoms with Gasteiger partial charge < -0.3 is 14.7 Å². The third-order valence-corrected chi connectivity index (χ3v) is 3.31. The molecular weight excluding hydrogens is 246 g/mol. The van der Waals surface area contributed by atoms with Crippen molar-refractivity contribution in [2.75, 3.05) is 20.2 Å². The highest BCUT2D eigenvalue weighted by molar-refractivity contribution is 5.95. The average Bonchev–Trinajstić information content (AvgIpc) is 2.88. The first-order valence-corrected chi connectivity index (χ1v) is 6.21. The molecule has 5 nitrogen and oxygen atoms in total. The van der Waals surface area contributed by atoms with Crippen LogP contribution >= 0.6 is 0 Å². The van der Waals surface area contributed by atoms with Crippen LogP contribution in [0.2, 0.25) is 0 Å². The fourth-order valence-electron chi connectivity index (χ4n) is 2.29. The van der Waals surface area contributed by atoms with Crippen LogP contribution in [0.3, 0.4) is 0 Å². The number of hydrogen-bond donors (Lipinski definition) is 1. The first-order chi connectivity index (χ1) is 9.11. The largest absolute Gasteiger partial charge is 0.481 e. The summed E-state index contributed by atoms with van der Waals surface area (Å²) in [5.41, 5.74) is 1.52. The minimum absolute atomic E-state index is 0.110. The highest BCUT2D eigenvalue weighted by Crippen LogP contribution is 2.19. The quantitative estimate of drug-likeness (QED) is 0.891. The predicted octanol–water partition coefficient (Wildman–Crippen LogP) is 1.38. The lowest BCUT2D eigenvalue weighted by molar-refractivity contribution is -0.141. The molecule has 1 atom stereocenters. The topological polar surface area (TPSA) is 66.8 Å². The number of aliphatic carboxylic acids is 1. The second-order valence-corrected chi connectivity index (χ2v) is 4.71. The van der Waals surface area contributed by atoms with Crippen molar-refractivity contribution in [2.24, 2.45) is 5.92 Å². The van der Waals surface area contributed by atoms with Crippen molar-refractivity contribution in [1.29, 1.82) is 0 Å². The molecule has 19 heavy (non-hydrogen) atoms. The standard InChI is InChI=1S/C14H17NO4/c1-19-9-10-3-2-4-11(7-10)13(16)15-6-5-12(8-15)14(17)18/h2-4,7,12H,5-6,8-9H2,1H3,(H,17,18). The van der Waals surface area contributed by atoms with E-state index < -0.39 is 11.9 Å². The van der Waals surface area contributed by atoms with Crippen molar-refractivity contribution in [1.82, 2.24) is 4.90 Å². The molecule has 1 heterocycles. The van der Waals surface area contributed by atoms with E-state index >= 15 is 0 Å². The van der Waals surface area contributed by atoms with Gasteiger partial charge in [0, 0.05) is 25.8 Å². The first-order valence-electron chi connectivity index (χ1n) is 6.21. The van der Waals surface area contributed by atoms with Crippen LogP contribution < -0.4 is 0 Å². The van der Waals surface area contributed by atoms with Crippen molar-refractivity contribution < 1.29 is 19.4 Å². The van der Waals surface area contributed by atoms with Gasteiger partial charge in [0.25, 0.3) is 5.91 Å². The lowest BCUT2D eigenvalue weighted by Gasteiger charge is -2.16. The highest BCUT2D eigenvalue weighted by Gasteiger charge is 2.31. The summed E-state index contributed by atoms with van der Waals surface area (Å²) in [7, 11) is 1.60. The van der Waals surface area contributed by atoms with E-state index in [1.54, 1.807) is 24.1 Å². The first kappa shape index (κ1) is 13.5. The summed E-state index contributed by atoms with van der Waals surface area (Å²) in [4.78, 5) is 24.8. The van der Waals surface area contributed by atoms with Crippen LogP contribution in [0.1, 0.15) is 22.3 Å². The molecule has 0 bridgehead atoms. The summed E-state index contributed by atoms with van der Waals surface area (Å²) in [6.45, 7) is 1.26. The Hall–Kier alpha value is -1.88. The van der Waals surface area contributed by atoms with Gasteiger partial charge in [0.1, 0.15) is 0 Å². The van der Waals surface area contributed by atoms with Crippen LogP contribution in [-0.2, 0) is 16.1 Å². The van der Waals surface area contributed by atoms with Crippen molar-refractivity contribution in [2.45, 2.75) is 13.0 Å². The number of methoxy groups -OCH3 is 1. The number of carboxylic acid groups (broad SMARTS) is 1. The van der Waals surface area contributed by atoms with Gasteiger partial charge in [-0.25, -0.2) is 0 Å². The van der Waals surface area contributed by atoms with Crippen LogP contribution in [0.15, 0.2) is 24.3 Å². The molecule has 2 rings (SSSR count). The minimum Gasteiger partial charge on any atom is -0.481 e. The Bertz CT molecular complexity index is 486. The number of benzene rings is 1. The number of nitrogens with zero attached hydrogens (tertiary/aromatic N) is 1. The number of ether oxygens (including phenoxy) is 1. The molecule has 1 saturated heterocycles. The van der Waals surface area contributed by atoms with Crippen LogP contribution in [0.5, 0.6) is 0 Å². The van der Waals surface area contributed by atoms with Gasteiger partial charge in [-0.1, -0.05) is 12.1 Å². The molecule has 0 aromatic heterocycles. The van der Waals surface area contributed by atoms with E-state index in [2.05, 4.69) is 0 Å². The molecule has 1 aliphatic heterocycles. The third kappa shape index (κ3) is 3.12. The molecule has 1 fully saturated rings. The van der Waals surface area contributed by atoms with Gasteiger partial charge in [-0.3, -0.25) is 9.59 Å². The molecule has 102 valence electrons. The van der Waals surface area contributed by atoms with Crippen molar-refractivity contribution in [3.05, 3.63) is 35.4 Å². The molecule has 5 heteroatoms. The van der Waals surface area contributed by atoms with Gasteiger partial charge >= 0.3 is 5.97 Å². The smallest absolute Gasteiger partial charge is 0.308 e. The molecule has 1 aliphatic rings. The van der Waals surface area contributed by atoms with E-state index in [4.69, 9.17) is 9.84 Å². The number of carboxylic acids is 1. The zero-order valence-electron chi connectivity index (χ0n) is 10.8. The fraction of sp³-hybridized carbons (Fsp3) is 0.429. The van der Waals surface area contributed by atoms with E-state index in [-0.39, 0.29) is 5.91 Å². The molecule has 0 radical (unpaired) electrons. The average molecular weight is 263 g/mol. The number of carbonyl (C=O) groups is 2. The second-order valence-electron chi connectivity index (χ2n) is 4.71. The predicted molar refractivity (Wildman–Crippen MR) is 68.8 cm³/mol. The van der Waals surface area contributed by atoms with Gasteiger partial charge in [-0.15, -0.1) is 0 Å². The number of amides is 1. The van der Waals surface area contributed by atoms with Crippen LogP contribution in [0, 0.1) is 5.92 Å². The van der Waals surface area contributed by atoms with Crippen LogP contribution in [0.4, 0.5) is 0 Å². The fourth-order valence-corrected chi connectivity index (χ4v) is 2.29. The second kappa shape index (κ2) is 5.84. The maximum Gasteiger partial charge on any atom is 0.308 e. The molecule has 1 amide bonds. The van der Waals surface area contributed by atoms with Crippen LogP contribution in [-0.4, -0.2) is 42.1 Å². The SMILES string of the molecule is COCc1cccc(C(=O)N2CCC(C(=O)O)C2)c1. The normalized spacial score (nSPS) is 18.6. The molecular formula is C14H17NO4. The van der Waals surface area contributed by atoms with Gasteiger partial charge in [-0.05, 0) is 24.1 Å². The molecule has 1 aromatic rings. The molecule has 1 unspecified atom stereocenters. The summed E-state index contributed by atoms with van der Waals surface area (Å²) in [5.74, 6) is -1.38. The van der Waals surface area contributed by atoms with Crippen molar-refractivity contribution in [3.63, 3.8) is 0 Å². The third-order valence-electron chi connectivity index (χ3n) is 3.31. The molecule has 1 N–H and O–H groups in total. The summed E-state index contributed by atoms with van der Waals surface area (Å²) in [6, 6.07) is 7.24. The monoisotopic (exact) mass is 263 g/mol. The van der Waals surface area contributed by atoms with E-state index in [1.165, 1.54) is 0 Å². The molecule has 0 aliphatic carbocycles. The Kier molecular flexibility index (Phi) is 4.16. The summed E-state index contributed by atoms with van der Waals surface area (Å²) in [6.07, 6.45) is 0.527. The number of rotatable bonds is 4. The zero-order chi connectivity index (χ0) is 13.8. The lowest BCUT2D eigenvalue weighted by Crippen LogP contribution is -2.30. The van der Waals surface area contributed by atoms with Crippen molar-refractivity contribution >= 4 is 11.9 Å². The van der Waals surface area contributed by atoms with Crippen LogP contribution in [0.25, 0.3) is 0 Å². The zero-order valence-corrected chi connectivity index (χ0v) is 10.8. The van der Waals surface area contributed by atoms with Crippen molar-refractivity contribution in [3.8, 4) is 0 Å². The van der Waals surface area contributed by atoms with E-state index in [9.17, 15) is 9.59 Å². The Labute approximate surface area is 111 Å². The summed E-state index contributed by atoms with van der Waals surface area (Å²) in [5, 5.41) is 8.94. The van der Waals surface area contributed by atoms with E-state index in [0.29, 0.717) is 31.7 Å². The van der Waals surface area contributed by atoms with E-state index in [1.807, 2.05) is 12.1 Å². The van der Waals surface area contributed by atoms with Gasteiger partial charge in [0.15, 0.2) is 0 Å². The Morgan fingerprint density at radius 2 is 2.26 bits per heavy atom. The highest BCUT2D eigenvalue weighted by atomic mass is 16.5. The number of hydrogen-bond acceptors (Lipinski definition) is 3. The van der Waals surface area contributed by atoms with Gasteiger partial charge in [0.05, 0.1) is 12.5 Å². The minimum atomic E-state index is -0.830. The Morgan fingerprint density at radius 1 is 1.47 bits per heavy atom. The van der Waals surface area contributed by atoms with Gasteiger partial charge in [-0.2, -0.15) is 0 Å². The van der Waals surface area contributed by atoms with Gasteiger partial charge in [0.2, 0.25) is 0 Å². The molecule has 0 spiro atoms. The number of likely N-dealkylation sites (tertiary alicyclic amines) is 1. The Balaban J connectivity index is 2.08. The maximum atomic E-state index is 12.3. The maximum absolute atomic E-state index is 12.3. The Morgan fingerprint density at radius 3 is 2.89 bits per heavy atom. The van der Waals surface area contributed by atoms with E-state index in [0.717, 1.165) is 5.56 Å². The molecule has 1 aromatic carbocycles. The summed E-state index contributed by atoms with van der Waals surface area (Å²) < 4.78 is 5.03. The molecule has 0 saturated carbocycles.